The standard InChI is InChI=1S/C24H26N2O3S/c1-19-14-16-20(17-15-19)9-8-18-25-24(27)22-12-6-7-13-23(22)26(2)30(28,29)21-10-4-3-5-11-21/h3-7,10-17H,8-9,18H2,1-2H3,(H,25,27). The van der Waals surface area contributed by atoms with Crippen molar-refractivity contribution in [3.8, 4) is 0 Å². The number of aryl methyl sites for hydroxylation is 2. The van der Waals surface area contributed by atoms with Gasteiger partial charge in [-0.25, -0.2) is 8.42 Å². The van der Waals surface area contributed by atoms with E-state index in [0.29, 0.717) is 17.8 Å². The molecule has 3 aromatic rings. The van der Waals surface area contributed by atoms with Crippen molar-refractivity contribution in [1.82, 2.24) is 5.32 Å². The zero-order valence-electron chi connectivity index (χ0n) is 17.2. The molecule has 3 aromatic carbocycles. The number of para-hydroxylation sites is 1. The highest BCUT2D eigenvalue weighted by Gasteiger charge is 2.24. The molecule has 6 heteroatoms. The Bertz CT molecular complexity index is 1090. The number of sulfonamides is 1. The number of hydrogen-bond donors (Lipinski definition) is 1. The van der Waals surface area contributed by atoms with Gasteiger partial charge in [0.15, 0.2) is 0 Å². The van der Waals surface area contributed by atoms with Gasteiger partial charge in [0.2, 0.25) is 0 Å². The van der Waals surface area contributed by atoms with Gasteiger partial charge in [-0.1, -0.05) is 60.2 Å². The molecule has 0 aliphatic heterocycles. The lowest BCUT2D eigenvalue weighted by Gasteiger charge is -2.22. The lowest BCUT2D eigenvalue weighted by molar-refractivity contribution is 0.0954. The van der Waals surface area contributed by atoms with Gasteiger partial charge in [-0.05, 0) is 49.6 Å². The van der Waals surface area contributed by atoms with Gasteiger partial charge in [0.05, 0.1) is 16.1 Å². The van der Waals surface area contributed by atoms with Crippen molar-refractivity contribution in [3.05, 3.63) is 95.6 Å². The monoisotopic (exact) mass is 422 g/mol. The fourth-order valence-corrected chi connectivity index (χ4v) is 4.40. The topological polar surface area (TPSA) is 66.5 Å². The average molecular weight is 423 g/mol. The number of rotatable bonds is 8. The Morgan fingerprint density at radius 3 is 2.23 bits per heavy atom. The van der Waals surface area contributed by atoms with Crippen LogP contribution in [0.15, 0.2) is 83.8 Å². The summed E-state index contributed by atoms with van der Waals surface area (Å²) < 4.78 is 27.0. The van der Waals surface area contributed by atoms with Crippen LogP contribution in [0.5, 0.6) is 0 Å². The molecule has 0 spiro atoms. The number of nitrogens with zero attached hydrogens (tertiary/aromatic N) is 1. The van der Waals surface area contributed by atoms with Gasteiger partial charge >= 0.3 is 0 Å². The van der Waals surface area contributed by atoms with Gasteiger partial charge in [-0.3, -0.25) is 9.10 Å². The first-order valence-electron chi connectivity index (χ1n) is 9.86. The highest BCUT2D eigenvalue weighted by Crippen LogP contribution is 2.25. The molecular weight excluding hydrogens is 396 g/mol. The molecule has 0 radical (unpaired) electrons. The fourth-order valence-electron chi connectivity index (χ4n) is 3.16. The number of hydrogen-bond acceptors (Lipinski definition) is 3. The minimum Gasteiger partial charge on any atom is -0.352 e. The summed E-state index contributed by atoms with van der Waals surface area (Å²) in [5.41, 5.74) is 3.12. The minimum atomic E-state index is -3.76. The molecule has 5 nitrogen and oxygen atoms in total. The van der Waals surface area contributed by atoms with Crippen LogP contribution in [0.25, 0.3) is 0 Å². The Kier molecular flexibility index (Phi) is 6.90. The third-order valence-electron chi connectivity index (χ3n) is 4.94. The molecule has 0 saturated heterocycles. The van der Waals surface area contributed by atoms with Crippen LogP contribution in [0.2, 0.25) is 0 Å². The van der Waals surface area contributed by atoms with E-state index in [1.54, 1.807) is 54.6 Å². The molecule has 156 valence electrons. The van der Waals surface area contributed by atoms with E-state index in [1.807, 2.05) is 0 Å². The van der Waals surface area contributed by atoms with Gasteiger partial charge in [0.1, 0.15) is 0 Å². The lowest BCUT2D eigenvalue weighted by Crippen LogP contribution is -2.31. The summed E-state index contributed by atoms with van der Waals surface area (Å²) in [7, 11) is -2.30. The van der Waals surface area contributed by atoms with Crippen LogP contribution < -0.4 is 9.62 Å². The predicted molar refractivity (Wildman–Crippen MR) is 120 cm³/mol. The van der Waals surface area contributed by atoms with E-state index in [-0.39, 0.29) is 10.8 Å². The Balaban J connectivity index is 1.68. The number of amides is 1. The second-order valence-corrected chi connectivity index (χ2v) is 9.12. The van der Waals surface area contributed by atoms with Crippen molar-refractivity contribution in [2.24, 2.45) is 0 Å². The predicted octanol–water partition coefficient (Wildman–Crippen LogP) is 4.18. The van der Waals surface area contributed by atoms with Gasteiger partial charge in [-0.15, -0.1) is 0 Å². The number of benzene rings is 3. The Morgan fingerprint density at radius 2 is 1.53 bits per heavy atom. The maximum Gasteiger partial charge on any atom is 0.264 e. The molecule has 3 rings (SSSR count). The maximum atomic E-state index is 12.9. The van der Waals surface area contributed by atoms with Crippen LogP contribution in [0.1, 0.15) is 27.9 Å². The first kappa shape index (κ1) is 21.6. The minimum absolute atomic E-state index is 0.181. The number of anilines is 1. The van der Waals surface area contributed by atoms with Crippen molar-refractivity contribution < 1.29 is 13.2 Å². The first-order chi connectivity index (χ1) is 14.4. The van der Waals surface area contributed by atoms with Crippen molar-refractivity contribution >= 4 is 21.6 Å². The molecule has 0 atom stereocenters. The summed E-state index contributed by atoms with van der Waals surface area (Å²) in [6, 6.07) is 23.3. The largest absolute Gasteiger partial charge is 0.352 e. The molecule has 30 heavy (non-hydrogen) atoms. The van der Waals surface area contributed by atoms with Crippen molar-refractivity contribution in [1.29, 1.82) is 0 Å². The number of carbonyl (C=O) groups excluding carboxylic acids is 1. The second-order valence-electron chi connectivity index (χ2n) is 7.15. The molecule has 0 saturated carbocycles. The van der Waals surface area contributed by atoms with E-state index < -0.39 is 10.0 Å². The van der Waals surface area contributed by atoms with Crippen LogP contribution in [-0.4, -0.2) is 27.9 Å². The van der Waals surface area contributed by atoms with Crippen molar-refractivity contribution in [3.63, 3.8) is 0 Å². The number of nitrogens with one attached hydrogen (secondary N) is 1. The molecule has 0 bridgehead atoms. The quantitative estimate of drug-likeness (QED) is 0.554. The average Bonchev–Trinajstić information content (AvgIpc) is 2.78. The zero-order chi connectivity index (χ0) is 21.6. The highest BCUT2D eigenvalue weighted by molar-refractivity contribution is 7.92. The van der Waals surface area contributed by atoms with E-state index in [4.69, 9.17) is 0 Å². The van der Waals surface area contributed by atoms with Gasteiger partial charge in [0, 0.05) is 13.6 Å². The first-order valence-corrected chi connectivity index (χ1v) is 11.3. The molecule has 0 aromatic heterocycles. The molecule has 0 heterocycles. The molecule has 1 N–H and O–H groups in total. The molecule has 0 fully saturated rings. The second kappa shape index (κ2) is 9.59. The molecule has 0 aliphatic rings. The van der Waals surface area contributed by atoms with Gasteiger partial charge in [0.25, 0.3) is 15.9 Å². The molecule has 0 unspecified atom stereocenters. The highest BCUT2D eigenvalue weighted by atomic mass is 32.2. The summed E-state index contributed by atoms with van der Waals surface area (Å²) >= 11 is 0. The normalized spacial score (nSPS) is 11.1. The van der Waals surface area contributed by atoms with E-state index in [1.165, 1.54) is 18.2 Å². The maximum absolute atomic E-state index is 12.9. The van der Waals surface area contributed by atoms with E-state index in [9.17, 15) is 13.2 Å². The summed E-state index contributed by atoms with van der Waals surface area (Å²) in [6.45, 7) is 2.56. The molecule has 0 aliphatic carbocycles. The fraction of sp³-hybridized carbons (Fsp3) is 0.208. The lowest BCUT2D eigenvalue weighted by atomic mass is 10.1. The summed E-state index contributed by atoms with van der Waals surface area (Å²) in [6.07, 6.45) is 1.67. The van der Waals surface area contributed by atoms with E-state index in [2.05, 4.69) is 36.5 Å². The molecule has 1 amide bonds. The van der Waals surface area contributed by atoms with Crippen LogP contribution in [-0.2, 0) is 16.4 Å². The summed E-state index contributed by atoms with van der Waals surface area (Å²) in [5.74, 6) is -0.287. The molecular formula is C24H26N2O3S. The SMILES string of the molecule is Cc1ccc(CCCNC(=O)c2ccccc2N(C)S(=O)(=O)c2ccccc2)cc1. The van der Waals surface area contributed by atoms with Crippen LogP contribution in [0.4, 0.5) is 5.69 Å². The van der Waals surface area contributed by atoms with Crippen LogP contribution in [0, 0.1) is 6.92 Å². The van der Waals surface area contributed by atoms with Crippen LogP contribution >= 0.6 is 0 Å². The smallest absolute Gasteiger partial charge is 0.264 e. The Hall–Kier alpha value is -3.12. The van der Waals surface area contributed by atoms with Crippen LogP contribution in [0.3, 0.4) is 0 Å². The van der Waals surface area contributed by atoms with E-state index in [0.717, 1.165) is 17.1 Å². The zero-order valence-corrected chi connectivity index (χ0v) is 18.0. The number of carbonyl (C=O) groups is 1. The van der Waals surface area contributed by atoms with Crippen molar-refractivity contribution in [2.75, 3.05) is 17.9 Å². The summed E-state index contributed by atoms with van der Waals surface area (Å²) in [4.78, 5) is 12.9. The third-order valence-corrected chi connectivity index (χ3v) is 6.72. The Morgan fingerprint density at radius 1 is 0.900 bits per heavy atom. The van der Waals surface area contributed by atoms with Gasteiger partial charge < -0.3 is 5.32 Å². The van der Waals surface area contributed by atoms with E-state index >= 15 is 0 Å². The Labute approximate surface area is 178 Å². The van der Waals surface area contributed by atoms with Gasteiger partial charge in [-0.2, -0.15) is 0 Å². The summed E-state index contributed by atoms with van der Waals surface area (Å²) in [5, 5.41) is 2.91. The van der Waals surface area contributed by atoms with Crippen molar-refractivity contribution in [2.45, 2.75) is 24.7 Å². The third kappa shape index (κ3) is 5.07.